The summed E-state index contributed by atoms with van der Waals surface area (Å²) in [5, 5.41) is 0. The van der Waals surface area contributed by atoms with Gasteiger partial charge < -0.3 is 18.9 Å². The van der Waals surface area contributed by atoms with Crippen LogP contribution in [0.3, 0.4) is 0 Å². The summed E-state index contributed by atoms with van der Waals surface area (Å²) in [6, 6.07) is 5.77. The summed E-state index contributed by atoms with van der Waals surface area (Å²) in [5.41, 5.74) is 1.65. The van der Waals surface area contributed by atoms with E-state index in [0.29, 0.717) is 31.7 Å². The predicted molar refractivity (Wildman–Crippen MR) is 82.3 cm³/mol. The molecule has 2 aliphatic heterocycles. The first-order valence-corrected chi connectivity index (χ1v) is 7.66. The van der Waals surface area contributed by atoms with Crippen LogP contribution in [-0.2, 0) is 4.74 Å². The number of pyridine rings is 1. The maximum absolute atomic E-state index is 12.7. The Morgan fingerprint density at radius 3 is 2.87 bits per heavy atom. The summed E-state index contributed by atoms with van der Waals surface area (Å²) in [5.74, 6) is -0.115. The van der Waals surface area contributed by atoms with Gasteiger partial charge in [-0.2, -0.15) is 0 Å². The lowest BCUT2D eigenvalue weighted by molar-refractivity contribution is 0.0551. The summed E-state index contributed by atoms with van der Waals surface area (Å²) in [4.78, 5) is 32.0. The number of carbonyl (C=O) groups excluding carboxylic acids is 2. The number of aryl methyl sites for hydroxylation is 1. The molecule has 0 radical (unpaired) electrons. The van der Waals surface area contributed by atoms with Gasteiger partial charge in [-0.25, -0.2) is 9.78 Å². The normalized spacial score (nSPS) is 24.0. The van der Waals surface area contributed by atoms with E-state index in [1.807, 2.05) is 29.5 Å². The lowest BCUT2D eigenvalue weighted by atomic mass is 10.0. The molecule has 0 aromatic carbocycles. The van der Waals surface area contributed by atoms with Crippen LogP contribution in [0.4, 0.5) is 4.79 Å². The molecule has 2 aromatic heterocycles. The summed E-state index contributed by atoms with van der Waals surface area (Å²) in [6.45, 7) is 3.50. The molecule has 7 heteroatoms. The molecule has 2 saturated heterocycles. The van der Waals surface area contributed by atoms with Crippen LogP contribution in [0.25, 0.3) is 5.65 Å². The summed E-state index contributed by atoms with van der Waals surface area (Å²) >= 11 is 0. The Labute approximate surface area is 133 Å². The Morgan fingerprint density at radius 1 is 1.35 bits per heavy atom. The molecule has 1 spiro atoms. The molecule has 0 bridgehead atoms. The zero-order valence-corrected chi connectivity index (χ0v) is 13.2. The molecule has 0 N–H and O–H groups in total. The van der Waals surface area contributed by atoms with Gasteiger partial charge in [0.25, 0.3) is 5.91 Å². The fourth-order valence-electron chi connectivity index (χ4n) is 3.44. The number of hydrogen-bond acceptors (Lipinski definition) is 4. The predicted octanol–water partition coefficient (Wildman–Crippen LogP) is 1.31. The van der Waals surface area contributed by atoms with Gasteiger partial charge >= 0.3 is 6.09 Å². The molecule has 120 valence electrons. The van der Waals surface area contributed by atoms with Crippen molar-refractivity contribution < 1.29 is 14.3 Å². The van der Waals surface area contributed by atoms with Gasteiger partial charge in [0.2, 0.25) is 0 Å². The molecule has 2 aliphatic rings. The number of aromatic nitrogens is 2. The smallest absolute Gasteiger partial charge is 0.410 e. The number of likely N-dealkylation sites (N-methyl/N-ethyl adjacent to an activating group) is 1. The molecule has 23 heavy (non-hydrogen) atoms. The van der Waals surface area contributed by atoms with E-state index in [0.717, 1.165) is 11.3 Å². The molecule has 2 amide bonds. The van der Waals surface area contributed by atoms with Crippen LogP contribution >= 0.6 is 0 Å². The largest absolute Gasteiger partial charge is 0.439 e. The summed E-state index contributed by atoms with van der Waals surface area (Å²) < 4.78 is 7.39. The SMILES string of the molecule is Cc1cccc2nc(C(=O)N3CCC4(CN(C)C(=O)O4)C3)cn12. The maximum atomic E-state index is 12.7. The topological polar surface area (TPSA) is 67.2 Å². The lowest BCUT2D eigenvalue weighted by Crippen LogP contribution is -2.39. The Hall–Kier alpha value is -2.57. The van der Waals surface area contributed by atoms with E-state index in [-0.39, 0.29) is 12.0 Å². The standard InChI is InChI=1S/C16H18N4O3/c1-11-4-3-5-13-17-12(8-20(11)13)14(21)19-7-6-16(10-19)9-18(2)15(22)23-16/h3-5,8H,6-7,9-10H2,1-2H3. The number of nitrogens with zero attached hydrogens (tertiary/aromatic N) is 4. The molecule has 2 fully saturated rings. The molecule has 1 atom stereocenters. The highest BCUT2D eigenvalue weighted by atomic mass is 16.6. The molecular formula is C16H18N4O3. The summed E-state index contributed by atoms with van der Waals surface area (Å²) in [7, 11) is 1.71. The van der Waals surface area contributed by atoms with E-state index in [1.54, 1.807) is 23.0 Å². The third kappa shape index (κ3) is 2.15. The van der Waals surface area contributed by atoms with E-state index < -0.39 is 5.60 Å². The second-order valence-electron chi connectivity index (χ2n) is 6.41. The minimum atomic E-state index is -0.559. The first kappa shape index (κ1) is 14.0. The van der Waals surface area contributed by atoms with E-state index in [9.17, 15) is 9.59 Å². The van der Waals surface area contributed by atoms with Crippen LogP contribution in [0.15, 0.2) is 24.4 Å². The number of ether oxygens (including phenoxy) is 1. The maximum Gasteiger partial charge on any atom is 0.410 e. The molecule has 4 heterocycles. The highest BCUT2D eigenvalue weighted by Crippen LogP contribution is 2.32. The van der Waals surface area contributed by atoms with Gasteiger partial charge in [-0.05, 0) is 19.1 Å². The zero-order chi connectivity index (χ0) is 16.2. The van der Waals surface area contributed by atoms with Crippen LogP contribution in [0.5, 0.6) is 0 Å². The number of likely N-dealkylation sites (tertiary alicyclic amines) is 1. The van der Waals surface area contributed by atoms with Crippen molar-refractivity contribution in [2.75, 3.05) is 26.7 Å². The van der Waals surface area contributed by atoms with Gasteiger partial charge in [0, 0.05) is 31.9 Å². The number of fused-ring (bicyclic) bond motifs is 1. The number of amides is 2. The fourth-order valence-corrected chi connectivity index (χ4v) is 3.44. The van der Waals surface area contributed by atoms with Crippen LogP contribution in [0.2, 0.25) is 0 Å². The third-order valence-electron chi connectivity index (χ3n) is 4.66. The van der Waals surface area contributed by atoms with E-state index in [4.69, 9.17) is 4.74 Å². The van der Waals surface area contributed by atoms with Crippen LogP contribution in [0, 0.1) is 6.92 Å². The monoisotopic (exact) mass is 314 g/mol. The van der Waals surface area contributed by atoms with Crippen molar-refractivity contribution >= 4 is 17.6 Å². The van der Waals surface area contributed by atoms with Gasteiger partial charge in [-0.1, -0.05) is 6.07 Å². The van der Waals surface area contributed by atoms with Crippen molar-refractivity contribution in [3.63, 3.8) is 0 Å². The van der Waals surface area contributed by atoms with Crippen molar-refractivity contribution in [2.24, 2.45) is 0 Å². The van der Waals surface area contributed by atoms with Crippen molar-refractivity contribution in [3.05, 3.63) is 35.8 Å². The van der Waals surface area contributed by atoms with Crippen molar-refractivity contribution in [1.29, 1.82) is 0 Å². The average Bonchev–Trinajstić information content (AvgIpc) is 3.18. The van der Waals surface area contributed by atoms with Crippen molar-refractivity contribution in [3.8, 4) is 0 Å². The molecule has 1 unspecified atom stereocenters. The number of rotatable bonds is 1. The second-order valence-corrected chi connectivity index (χ2v) is 6.41. The minimum Gasteiger partial charge on any atom is -0.439 e. The highest BCUT2D eigenvalue weighted by Gasteiger charge is 2.49. The van der Waals surface area contributed by atoms with Crippen molar-refractivity contribution in [1.82, 2.24) is 19.2 Å². The van der Waals surface area contributed by atoms with Crippen LogP contribution < -0.4 is 0 Å². The zero-order valence-electron chi connectivity index (χ0n) is 13.2. The van der Waals surface area contributed by atoms with Crippen LogP contribution in [-0.4, -0.2) is 63.5 Å². The Bertz CT molecular complexity index is 815. The highest BCUT2D eigenvalue weighted by molar-refractivity contribution is 5.93. The fraction of sp³-hybridized carbons (Fsp3) is 0.438. The number of imidazole rings is 1. The first-order valence-electron chi connectivity index (χ1n) is 7.66. The molecule has 0 aliphatic carbocycles. The Morgan fingerprint density at radius 2 is 2.17 bits per heavy atom. The summed E-state index contributed by atoms with van der Waals surface area (Å²) in [6.07, 6.45) is 2.12. The minimum absolute atomic E-state index is 0.115. The second kappa shape index (κ2) is 4.71. The molecule has 4 rings (SSSR count). The average molecular weight is 314 g/mol. The van der Waals surface area contributed by atoms with Gasteiger partial charge in [0.05, 0.1) is 13.1 Å². The van der Waals surface area contributed by atoms with Gasteiger partial charge in [-0.3, -0.25) is 4.79 Å². The Kier molecular flexibility index (Phi) is 2.88. The quantitative estimate of drug-likeness (QED) is 0.796. The third-order valence-corrected chi connectivity index (χ3v) is 4.66. The van der Waals surface area contributed by atoms with Crippen molar-refractivity contribution in [2.45, 2.75) is 18.9 Å². The van der Waals surface area contributed by atoms with Crippen LogP contribution in [0.1, 0.15) is 22.6 Å². The Balaban J connectivity index is 1.58. The molecule has 2 aromatic rings. The van der Waals surface area contributed by atoms with Gasteiger partial charge in [0.15, 0.2) is 5.60 Å². The first-order chi connectivity index (χ1) is 11.0. The van der Waals surface area contributed by atoms with E-state index in [2.05, 4.69) is 4.98 Å². The number of hydrogen-bond donors (Lipinski definition) is 0. The number of carbonyl (C=O) groups is 2. The lowest BCUT2D eigenvalue weighted by Gasteiger charge is -2.21. The molecule has 7 nitrogen and oxygen atoms in total. The van der Waals surface area contributed by atoms with Gasteiger partial charge in [-0.15, -0.1) is 0 Å². The molecule has 0 saturated carbocycles. The van der Waals surface area contributed by atoms with Gasteiger partial charge in [0.1, 0.15) is 11.3 Å². The molecular weight excluding hydrogens is 296 g/mol. The van der Waals surface area contributed by atoms with E-state index in [1.165, 1.54) is 0 Å². The van der Waals surface area contributed by atoms with E-state index >= 15 is 0 Å².